The Hall–Kier alpha value is -2.34. The van der Waals surface area contributed by atoms with Gasteiger partial charge in [-0.2, -0.15) is 4.98 Å². The predicted molar refractivity (Wildman–Crippen MR) is 111 cm³/mol. The summed E-state index contributed by atoms with van der Waals surface area (Å²) in [6.45, 7) is 10.7. The van der Waals surface area contributed by atoms with E-state index in [-0.39, 0.29) is 0 Å². The van der Waals surface area contributed by atoms with E-state index in [9.17, 15) is 0 Å². The van der Waals surface area contributed by atoms with Crippen LogP contribution in [-0.4, -0.2) is 60.2 Å². The lowest BCUT2D eigenvalue weighted by Gasteiger charge is -2.43. The number of nitrogens with zero attached hydrogens (tertiary/aromatic N) is 5. The molecule has 0 aliphatic carbocycles. The van der Waals surface area contributed by atoms with Crippen LogP contribution in [0.1, 0.15) is 24.1 Å². The first kappa shape index (κ1) is 18.0. The summed E-state index contributed by atoms with van der Waals surface area (Å²) in [7, 11) is 0. The summed E-state index contributed by atoms with van der Waals surface area (Å²) in [5.41, 5.74) is 9.53. The zero-order chi connectivity index (χ0) is 18.8. The zero-order valence-electron chi connectivity index (χ0n) is 16.4. The van der Waals surface area contributed by atoms with Crippen LogP contribution < -0.4 is 15.5 Å². The molecule has 0 bridgehead atoms. The van der Waals surface area contributed by atoms with Crippen molar-refractivity contribution in [2.24, 2.45) is 0 Å². The summed E-state index contributed by atoms with van der Waals surface area (Å²) in [5, 5.41) is 0. The zero-order valence-corrected chi connectivity index (χ0v) is 16.4. The summed E-state index contributed by atoms with van der Waals surface area (Å²) in [6, 6.07) is 11.5. The number of para-hydroxylation sites is 1. The van der Waals surface area contributed by atoms with E-state index < -0.39 is 0 Å². The van der Waals surface area contributed by atoms with Gasteiger partial charge >= 0.3 is 0 Å². The highest BCUT2D eigenvalue weighted by atomic mass is 15.3. The van der Waals surface area contributed by atoms with Gasteiger partial charge in [0.05, 0.1) is 0 Å². The van der Waals surface area contributed by atoms with Crippen LogP contribution in [0.4, 0.5) is 17.5 Å². The number of piperidine rings is 1. The molecule has 0 amide bonds. The fraction of sp³-hybridized carbons (Fsp3) is 0.524. The van der Waals surface area contributed by atoms with Crippen molar-refractivity contribution < 1.29 is 0 Å². The maximum Gasteiger partial charge on any atom is 0.222 e. The first-order valence-corrected chi connectivity index (χ1v) is 10.0. The van der Waals surface area contributed by atoms with E-state index in [4.69, 9.17) is 5.73 Å². The number of rotatable bonds is 3. The molecule has 0 radical (unpaired) electrons. The lowest BCUT2D eigenvalue weighted by atomic mass is 10.0. The molecule has 0 atom stereocenters. The molecule has 1 aromatic carbocycles. The van der Waals surface area contributed by atoms with Crippen LogP contribution in [-0.2, 0) is 0 Å². The number of anilines is 3. The fourth-order valence-electron chi connectivity index (χ4n) is 4.44. The van der Waals surface area contributed by atoms with Crippen molar-refractivity contribution in [1.82, 2.24) is 14.9 Å². The average molecular weight is 367 g/mol. The molecule has 2 aromatic rings. The molecule has 2 N–H and O–H groups in total. The molecule has 1 aromatic heterocycles. The quantitative estimate of drug-likeness (QED) is 0.900. The van der Waals surface area contributed by atoms with Crippen molar-refractivity contribution in [3.8, 4) is 0 Å². The van der Waals surface area contributed by atoms with Gasteiger partial charge < -0.3 is 15.5 Å². The van der Waals surface area contributed by atoms with E-state index in [1.807, 2.05) is 13.0 Å². The van der Waals surface area contributed by atoms with E-state index >= 15 is 0 Å². The largest absolute Gasteiger partial charge is 0.371 e. The Kier molecular flexibility index (Phi) is 5.16. The molecule has 0 saturated carbocycles. The SMILES string of the molecule is Cc1cc(N2CCN(C3CCN(c4ccccc4C)CC3)CC2)nc(N)n1. The van der Waals surface area contributed by atoms with E-state index in [2.05, 4.69) is 55.9 Å². The Balaban J connectivity index is 1.31. The monoisotopic (exact) mass is 366 g/mol. The Morgan fingerprint density at radius 2 is 1.59 bits per heavy atom. The third-order valence-corrected chi connectivity index (χ3v) is 5.93. The van der Waals surface area contributed by atoms with E-state index in [1.165, 1.54) is 24.1 Å². The van der Waals surface area contributed by atoms with Crippen LogP contribution >= 0.6 is 0 Å². The molecule has 2 aliphatic rings. The second-order valence-electron chi connectivity index (χ2n) is 7.75. The van der Waals surface area contributed by atoms with Crippen LogP contribution in [0, 0.1) is 13.8 Å². The number of aromatic nitrogens is 2. The highest BCUT2D eigenvalue weighted by molar-refractivity contribution is 5.53. The number of piperazine rings is 1. The molecule has 2 saturated heterocycles. The van der Waals surface area contributed by atoms with Gasteiger partial charge in [0.2, 0.25) is 5.95 Å². The first-order valence-electron chi connectivity index (χ1n) is 10.0. The van der Waals surface area contributed by atoms with Crippen molar-refractivity contribution in [3.63, 3.8) is 0 Å². The lowest BCUT2D eigenvalue weighted by Crippen LogP contribution is -2.53. The third kappa shape index (κ3) is 4.00. The lowest BCUT2D eigenvalue weighted by molar-refractivity contribution is 0.159. The molecule has 0 spiro atoms. The van der Waals surface area contributed by atoms with Crippen molar-refractivity contribution in [1.29, 1.82) is 0 Å². The fourth-order valence-corrected chi connectivity index (χ4v) is 4.44. The van der Waals surface area contributed by atoms with E-state index in [0.29, 0.717) is 12.0 Å². The van der Waals surface area contributed by atoms with Crippen molar-refractivity contribution in [2.45, 2.75) is 32.7 Å². The molecule has 6 nitrogen and oxygen atoms in total. The average Bonchev–Trinajstić information content (AvgIpc) is 2.68. The second-order valence-corrected chi connectivity index (χ2v) is 7.75. The Bertz CT molecular complexity index is 756. The van der Waals surface area contributed by atoms with Gasteiger partial charge in [-0.15, -0.1) is 0 Å². The molecule has 2 aliphatic heterocycles. The number of hydrogen-bond donors (Lipinski definition) is 1. The summed E-state index contributed by atoms with van der Waals surface area (Å²) >= 11 is 0. The van der Waals surface area contributed by atoms with E-state index in [0.717, 1.165) is 50.8 Å². The van der Waals surface area contributed by atoms with Gasteiger partial charge in [-0.3, -0.25) is 4.90 Å². The summed E-state index contributed by atoms with van der Waals surface area (Å²) in [6.07, 6.45) is 2.49. The van der Waals surface area contributed by atoms with Gasteiger partial charge in [-0.1, -0.05) is 18.2 Å². The summed E-state index contributed by atoms with van der Waals surface area (Å²) < 4.78 is 0. The molecule has 6 heteroatoms. The maximum atomic E-state index is 5.82. The minimum atomic E-state index is 0.371. The maximum absolute atomic E-state index is 5.82. The summed E-state index contributed by atoms with van der Waals surface area (Å²) in [4.78, 5) is 16.2. The third-order valence-electron chi connectivity index (χ3n) is 5.93. The van der Waals surface area contributed by atoms with Gasteiger partial charge in [0, 0.05) is 62.8 Å². The molecule has 4 rings (SSSR count). The minimum absolute atomic E-state index is 0.371. The van der Waals surface area contributed by atoms with Gasteiger partial charge in [0.15, 0.2) is 0 Å². The number of aryl methyl sites for hydroxylation is 2. The van der Waals surface area contributed by atoms with Crippen LogP contribution in [0.15, 0.2) is 30.3 Å². The van der Waals surface area contributed by atoms with E-state index in [1.54, 1.807) is 0 Å². The second kappa shape index (κ2) is 7.72. The van der Waals surface area contributed by atoms with Crippen molar-refractivity contribution >= 4 is 17.5 Å². The van der Waals surface area contributed by atoms with Crippen LogP contribution in [0.3, 0.4) is 0 Å². The Labute approximate surface area is 162 Å². The molecule has 27 heavy (non-hydrogen) atoms. The Morgan fingerprint density at radius 1 is 0.889 bits per heavy atom. The normalized spacial score (nSPS) is 19.5. The van der Waals surface area contributed by atoms with Gasteiger partial charge in [-0.25, -0.2) is 4.98 Å². The standard InChI is InChI=1S/C21H30N6/c1-16-5-3-4-6-19(16)26-9-7-18(8-10-26)25-11-13-27(14-12-25)20-15-17(2)23-21(22)24-20/h3-6,15,18H,7-14H2,1-2H3,(H2,22,23,24). The van der Waals surface area contributed by atoms with Crippen molar-refractivity contribution in [2.75, 3.05) is 54.8 Å². The molecular weight excluding hydrogens is 336 g/mol. The minimum Gasteiger partial charge on any atom is -0.371 e. The Morgan fingerprint density at radius 3 is 2.26 bits per heavy atom. The topological polar surface area (TPSA) is 61.5 Å². The number of nitrogens with two attached hydrogens (primary N) is 1. The molecule has 2 fully saturated rings. The molecule has 3 heterocycles. The number of benzene rings is 1. The van der Waals surface area contributed by atoms with Gasteiger partial charge in [0.1, 0.15) is 5.82 Å². The smallest absolute Gasteiger partial charge is 0.222 e. The van der Waals surface area contributed by atoms with Crippen LogP contribution in [0.25, 0.3) is 0 Å². The number of nitrogen functional groups attached to an aromatic ring is 1. The highest BCUT2D eigenvalue weighted by Crippen LogP contribution is 2.26. The van der Waals surface area contributed by atoms with Crippen molar-refractivity contribution in [3.05, 3.63) is 41.6 Å². The first-order chi connectivity index (χ1) is 13.1. The predicted octanol–water partition coefficient (Wildman–Crippen LogP) is 2.47. The van der Waals surface area contributed by atoms with Crippen LogP contribution in [0.2, 0.25) is 0 Å². The van der Waals surface area contributed by atoms with Gasteiger partial charge in [-0.05, 0) is 38.3 Å². The van der Waals surface area contributed by atoms with Crippen LogP contribution in [0.5, 0.6) is 0 Å². The highest BCUT2D eigenvalue weighted by Gasteiger charge is 2.28. The molecule has 144 valence electrons. The molecular formula is C21H30N6. The number of hydrogen-bond acceptors (Lipinski definition) is 6. The molecule has 0 unspecified atom stereocenters. The summed E-state index contributed by atoms with van der Waals surface area (Å²) in [5.74, 6) is 1.34. The van der Waals surface area contributed by atoms with Gasteiger partial charge in [0.25, 0.3) is 0 Å².